The van der Waals surface area contributed by atoms with Gasteiger partial charge in [0.1, 0.15) is 5.82 Å². The fraction of sp³-hybridized carbons (Fsp3) is 0.312. The minimum atomic E-state index is -0.223. The molecule has 5 heteroatoms. The Bertz CT molecular complexity index is 645. The van der Waals surface area contributed by atoms with Crippen LogP contribution in [0, 0.1) is 12.7 Å². The zero-order valence-electron chi connectivity index (χ0n) is 11.9. The molecule has 1 fully saturated rings. The molecule has 0 atom stereocenters. The van der Waals surface area contributed by atoms with Crippen molar-refractivity contribution in [3.63, 3.8) is 0 Å². The van der Waals surface area contributed by atoms with Crippen LogP contribution in [0.15, 0.2) is 41.0 Å². The molecule has 21 heavy (non-hydrogen) atoms. The zero-order chi connectivity index (χ0) is 14.8. The van der Waals surface area contributed by atoms with Gasteiger partial charge in [0.05, 0.1) is 12.0 Å². The first-order valence-corrected chi connectivity index (χ1v) is 6.99. The maximum atomic E-state index is 13.8. The van der Waals surface area contributed by atoms with E-state index in [0.717, 1.165) is 5.56 Å². The highest BCUT2D eigenvalue weighted by atomic mass is 19.1. The number of anilines is 1. The van der Waals surface area contributed by atoms with Crippen LogP contribution in [0.2, 0.25) is 0 Å². The van der Waals surface area contributed by atoms with Gasteiger partial charge in [0.15, 0.2) is 5.76 Å². The number of nitrogens with zero attached hydrogens (tertiary/aromatic N) is 2. The average molecular weight is 288 g/mol. The molecule has 2 aromatic rings. The molecule has 0 unspecified atom stereocenters. The number of rotatable bonds is 2. The molecule has 1 saturated heterocycles. The molecular formula is C16H17FN2O2. The number of piperazine rings is 1. The largest absolute Gasteiger partial charge is 0.459 e. The van der Waals surface area contributed by atoms with E-state index in [2.05, 4.69) is 0 Å². The molecule has 1 aromatic carbocycles. The summed E-state index contributed by atoms with van der Waals surface area (Å²) in [4.78, 5) is 16.1. The van der Waals surface area contributed by atoms with Gasteiger partial charge in [-0.25, -0.2) is 4.39 Å². The average Bonchev–Trinajstić information content (AvgIpc) is 2.93. The fourth-order valence-corrected chi connectivity index (χ4v) is 2.59. The molecule has 1 aliphatic heterocycles. The highest BCUT2D eigenvalue weighted by Gasteiger charge is 2.25. The molecular weight excluding hydrogens is 271 g/mol. The third kappa shape index (κ3) is 2.63. The van der Waals surface area contributed by atoms with Crippen molar-refractivity contribution in [3.05, 3.63) is 53.7 Å². The predicted molar refractivity (Wildman–Crippen MR) is 78.0 cm³/mol. The Hall–Kier alpha value is -2.30. The van der Waals surface area contributed by atoms with Crippen LogP contribution in [-0.4, -0.2) is 37.0 Å². The van der Waals surface area contributed by atoms with Crippen molar-refractivity contribution < 1.29 is 13.6 Å². The SMILES string of the molecule is Cc1ccoc1C(=O)N1CCN(c2ccccc2F)CC1. The van der Waals surface area contributed by atoms with Crippen LogP contribution in [0.25, 0.3) is 0 Å². The van der Waals surface area contributed by atoms with E-state index in [1.165, 1.54) is 12.3 Å². The van der Waals surface area contributed by atoms with Gasteiger partial charge in [-0.05, 0) is 25.1 Å². The molecule has 1 amide bonds. The lowest BCUT2D eigenvalue weighted by Crippen LogP contribution is -2.49. The van der Waals surface area contributed by atoms with Crippen LogP contribution in [-0.2, 0) is 0 Å². The Morgan fingerprint density at radius 2 is 1.86 bits per heavy atom. The van der Waals surface area contributed by atoms with E-state index in [1.54, 1.807) is 23.1 Å². The molecule has 3 rings (SSSR count). The molecule has 0 saturated carbocycles. The van der Waals surface area contributed by atoms with E-state index in [4.69, 9.17) is 4.42 Å². The number of carbonyl (C=O) groups excluding carboxylic acids is 1. The monoisotopic (exact) mass is 288 g/mol. The number of furan rings is 1. The summed E-state index contributed by atoms with van der Waals surface area (Å²) in [5.74, 6) is 0.0826. The van der Waals surface area contributed by atoms with Crippen molar-refractivity contribution in [1.29, 1.82) is 0 Å². The molecule has 2 heterocycles. The van der Waals surface area contributed by atoms with Gasteiger partial charge in [-0.3, -0.25) is 4.79 Å². The summed E-state index contributed by atoms with van der Waals surface area (Å²) in [5, 5.41) is 0. The molecule has 1 aliphatic rings. The highest BCUT2D eigenvalue weighted by Crippen LogP contribution is 2.21. The van der Waals surface area contributed by atoms with Crippen LogP contribution in [0.1, 0.15) is 16.1 Å². The summed E-state index contributed by atoms with van der Waals surface area (Å²) in [6, 6.07) is 8.51. The zero-order valence-corrected chi connectivity index (χ0v) is 11.9. The van der Waals surface area contributed by atoms with Crippen molar-refractivity contribution in [1.82, 2.24) is 4.90 Å². The van der Waals surface area contributed by atoms with Gasteiger partial charge in [-0.1, -0.05) is 12.1 Å². The van der Waals surface area contributed by atoms with Crippen LogP contribution in [0.5, 0.6) is 0 Å². The minimum absolute atomic E-state index is 0.0920. The minimum Gasteiger partial charge on any atom is -0.459 e. The first-order valence-electron chi connectivity index (χ1n) is 6.99. The summed E-state index contributed by atoms with van der Waals surface area (Å²) in [5.41, 5.74) is 1.44. The molecule has 0 N–H and O–H groups in total. The number of carbonyl (C=O) groups is 1. The van der Waals surface area contributed by atoms with Gasteiger partial charge < -0.3 is 14.2 Å². The van der Waals surface area contributed by atoms with Crippen molar-refractivity contribution >= 4 is 11.6 Å². The van der Waals surface area contributed by atoms with Gasteiger partial charge >= 0.3 is 0 Å². The van der Waals surface area contributed by atoms with Crippen LogP contribution in [0.3, 0.4) is 0 Å². The number of aryl methyl sites for hydroxylation is 1. The van der Waals surface area contributed by atoms with E-state index >= 15 is 0 Å². The van der Waals surface area contributed by atoms with Crippen molar-refractivity contribution in [2.24, 2.45) is 0 Å². The van der Waals surface area contributed by atoms with Crippen LogP contribution in [0.4, 0.5) is 10.1 Å². The third-order valence-corrected chi connectivity index (χ3v) is 3.82. The quantitative estimate of drug-likeness (QED) is 0.852. The Balaban J connectivity index is 1.67. The van der Waals surface area contributed by atoms with E-state index in [0.29, 0.717) is 37.6 Å². The third-order valence-electron chi connectivity index (χ3n) is 3.82. The van der Waals surface area contributed by atoms with Gasteiger partial charge in [0.25, 0.3) is 5.91 Å². The number of halogens is 1. The lowest BCUT2D eigenvalue weighted by Gasteiger charge is -2.35. The second kappa shape index (κ2) is 5.60. The molecule has 0 aliphatic carbocycles. The first kappa shape index (κ1) is 13.7. The second-order valence-corrected chi connectivity index (χ2v) is 5.16. The highest BCUT2D eigenvalue weighted by molar-refractivity contribution is 5.93. The normalized spacial score (nSPS) is 15.3. The molecule has 0 radical (unpaired) electrons. The Labute approximate surface area is 122 Å². The van der Waals surface area contributed by atoms with E-state index in [9.17, 15) is 9.18 Å². The molecule has 0 spiro atoms. The summed E-state index contributed by atoms with van der Waals surface area (Å²) >= 11 is 0. The van der Waals surface area contributed by atoms with E-state index in [1.807, 2.05) is 17.9 Å². The molecule has 1 aromatic heterocycles. The maximum Gasteiger partial charge on any atom is 0.289 e. The summed E-state index contributed by atoms with van der Waals surface area (Å²) in [7, 11) is 0. The Morgan fingerprint density at radius 3 is 2.48 bits per heavy atom. The van der Waals surface area contributed by atoms with Gasteiger partial charge in [-0.15, -0.1) is 0 Å². The number of benzene rings is 1. The van der Waals surface area contributed by atoms with Gasteiger partial charge in [0.2, 0.25) is 0 Å². The van der Waals surface area contributed by atoms with E-state index < -0.39 is 0 Å². The Kier molecular flexibility index (Phi) is 3.64. The number of para-hydroxylation sites is 1. The first-order chi connectivity index (χ1) is 10.2. The van der Waals surface area contributed by atoms with Gasteiger partial charge in [-0.2, -0.15) is 0 Å². The fourth-order valence-electron chi connectivity index (χ4n) is 2.59. The lowest BCUT2D eigenvalue weighted by molar-refractivity contribution is 0.0713. The number of amides is 1. The summed E-state index contributed by atoms with van der Waals surface area (Å²) in [6.45, 7) is 4.21. The predicted octanol–water partition coefficient (Wildman–Crippen LogP) is 2.69. The topological polar surface area (TPSA) is 36.7 Å². The van der Waals surface area contributed by atoms with Crippen molar-refractivity contribution in [2.45, 2.75) is 6.92 Å². The number of hydrogen-bond acceptors (Lipinski definition) is 3. The van der Waals surface area contributed by atoms with Crippen LogP contribution >= 0.6 is 0 Å². The summed E-state index contributed by atoms with van der Waals surface area (Å²) in [6.07, 6.45) is 1.53. The maximum absolute atomic E-state index is 13.8. The number of hydrogen-bond donors (Lipinski definition) is 0. The van der Waals surface area contributed by atoms with E-state index in [-0.39, 0.29) is 11.7 Å². The van der Waals surface area contributed by atoms with Crippen molar-refractivity contribution in [3.8, 4) is 0 Å². The summed E-state index contributed by atoms with van der Waals surface area (Å²) < 4.78 is 19.0. The Morgan fingerprint density at radius 1 is 1.14 bits per heavy atom. The lowest BCUT2D eigenvalue weighted by atomic mass is 10.2. The van der Waals surface area contributed by atoms with Gasteiger partial charge in [0, 0.05) is 31.7 Å². The molecule has 0 bridgehead atoms. The van der Waals surface area contributed by atoms with Crippen LogP contribution < -0.4 is 4.90 Å². The smallest absolute Gasteiger partial charge is 0.289 e. The standard InChI is InChI=1S/C16H17FN2O2/c1-12-6-11-21-15(12)16(20)19-9-7-18(8-10-19)14-5-3-2-4-13(14)17/h2-6,11H,7-10H2,1H3. The molecule has 4 nitrogen and oxygen atoms in total. The molecule has 110 valence electrons. The second-order valence-electron chi connectivity index (χ2n) is 5.16. The van der Waals surface area contributed by atoms with Crippen molar-refractivity contribution in [2.75, 3.05) is 31.1 Å².